The summed E-state index contributed by atoms with van der Waals surface area (Å²) in [5, 5.41) is 9.07. The second kappa shape index (κ2) is 7.78. The molecule has 0 radical (unpaired) electrons. The van der Waals surface area contributed by atoms with Crippen molar-refractivity contribution in [1.82, 2.24) is 14.5 Å². The Labute approximate surface area is 158 Å². The number of nitrogens with zero attached hydrogens (tertiary/aromatic N) is 3. The van der Waals surface area contributed by atoms with E-state index < -0.39 is 23.7 Å². The van der Waals surface area contributed by atoms with Crippen LogP contribution >= 0.6 is 0 Å². The topological polar surface area (TPSA) is 84.4 Å². The van der Waals surface area contributed by atoms with Gasteiger partial charge in [-0.15, -0.1) is 0 Å². The molecular weight excluding hydrogens is 380 g/mol. The van der Waals surface area contributed by atoms with Crippen molar-refractivity contribution >= 4 is 6.09 Å². The third-order valence-corrected chi connectivity index (χ3v) is 4.88. The average Bonchev–Trinajstić information content (AvgIpc) is 3.05. The van der Waals surface area contributed by atoms with Crippen molar-refractivity contribution in [1.29, 1.82) is 0 Å². The van der Waals surface area contributed by atoms with E-state index in [0.717, 1.165) is 12.1 Å². The highest BCUT2D eigenvalue weighted by atomic mass is 19.4. The molecule has 2 aromatic rings. The highest BCUT2D eigenvalue weighted by Gasteiger charge is 2.34. The molecule has 3 rings (SSSR count). The Morgan fingerprint density at radius 1 is 1.29 bits per heavy atom. The summed E-state index contributed by atoms with van der Waals surface area (Å²) in [5.74, 6) is -0.708. The molecule has 1 fully saturated rings. The van der Waals surface area contributed by atoms with Crippen molar-refractivity contribution in [3.05, 3.63) is 41.6 Å². The lowest BCUT2D eigenvalue weighted by atomic mass is 9.96. The molecule has 6 nitrogen and oxygen atoms in total. The van der Waals surface area contributed by atoms with Crippen LogP contribution in [0.15, 0.2) is 24.4 Å². The van der Waals surface area contributed by atoms with Crippen LogP contribution in [0.4, 0.5) is 22.4 Å². The maximum atomic E-state index is 13.6. The predicted octanol–water partition coefficient (Wildman–Crippen LogP) is 3.52. The molecule has 1 amide bonds. The quantitative estimate of drug-likeness (QED) is 0.769. The van der Waals surface area contributed by atoms with Gasteiger partial charge in [0.1, 0.15) is 11.6 Å². The highest BCUT2D eigenvalue weighted by Crippen LogP contribution is 2.35. The standard InChI is InChI=1S/C18H20F4N4O2/c19-14-2-1-12(9-13(14)18(20,21)22)15-10-26(8-5-23)16(24-15)11-3-6-25(7-4-11)17(27)28/h1-2,9-11H,3-8,23H2,(H,27,28). The van der Waals surface area contributed by atoms with Gasteiger partial charge in [-0.05, 0) is 31.0 Å². The van der Waals surface area contributed by atoms with Gasteiger partial charge in [0.15, 0.2) is 0 Å². The van der Waals surface area contributed by atoms with Crippen LogP contribution in [0.25, 0.3) is 11.3 Å². The summed E-state index contributed by atoms with van der Waals surface area (Å²) in [5.41, 5.74) is 4.76. The number of alkyl halides is 3. The monoisotopic (exact) mass is 400 g/mol. The zero-order valence-corrected chi connectivity index (χ0v) is 14.9. The zero-order chi connectivity index (χ0) is 20.5. The van der Waals surface area contributed by atoms with Crippen LogP contribution in [0.3, 0.4) is 0 Å². The van der Waals surface area contributed by atoms with Gasteiger partial charge in [0.2, 0.25) is 0 Å². The van der Waals surface area contributed by atoms with Crippen LogP contribution < -0.4 is 5.73 Å². The Bertz CT molecular complexity index is 858. The number of hydrogen-bond donors (Lipinski definition) is 2. The Kier molecular flexibility index (Phi) is 5.59. The fourth-order valence-electron chi connectivity index (χ4n) is 3.44. The maximum Gasteiger partial charge on any atom is 0.419 e. The lowest BCUT2D eigenvalue weighted by Gasteiger charge is -2.29. The molecule has 1 aliphatic rings. The Morgan fingerprint density at radius 3 is 2.54 bits per heavy atom. The van der Waals surface area contributed by atoms with Crippen molar-refractivity contribution in [2.24, 2.45) is 5.73 Å². The molecule has 0 bridgehead atoms. The molecule has 0 aliphatic carbocycles. The number of benzene rings is 1. The van der Waals surface area contributed by atoms with E-state index in [4.69, 9.17) is 10.8 Å². The average molecular weight is 400 g/mol. The second-order valence-corrected chi connectivity index (χ2v) is 6.70. The molecule has 1 aromatic heterocycles. The number of aromatic nitrogens is 2. The molecule has 1 saturated heterocycles. The number of piperidine rings is 1. The summed E-state index contributed by atoms with van der Waals surface area (Å²) >= 11 is 0. The van der Waals surface area contributed by atoms with Gasteiger partial charge in [0.25, 0.3) is 0 Å². The van der Waals surface area contributed by atoms with Gasteiger partial charge in [0.05, 0.1) is 11.3 Å². The summed E-state index contributed by atoms with van der Waals surface area (Å²) in [6, 6.07) is 2.79. The SMILES string of the molecule is NCCn1cc(-c2ccc(F)c(C(F)(F)F)c2)nc1C1CCN(C(=O)O)CC1. The van der Waals surface area contributed by atoms with Gasteiger partial charge in [-0.25, -0.2) is 14.2 Å². The molecular formula is C18H20F4N4O2. The third-order valence-electron chi connectivity index (χ3n) is 4.88. The molecule has 10 heteroatoms. The van der Waals surface area contributed by atoms with E-state index in [0.29, 0.717) is 50.5 Å². The molecule has 0 atom stereocenters. The molecule has 0 unspecified atom stereocenters. The van der Waals surface area contributed by atoms with Gasteiger partial charge < -0.3 is 20.3 Å². The lowest BCUT2D eigenvalue weighted by molar-refractivity contribution is -0.139. The first-order chi connectivity index (χ1) is 13.2. The summed E-state index contributed by atoms with van der Waals surface area (Å²) in [4.78, 5) is 16.9. The normalized spacial score (nSPS) is 15.8. The number of imidazole rings is 1. The van der Waals surface area contributed by atoms with E-state index in [1.165, 1.54) is 11.0 Å². The van der Waals surface area contributed by atoms with Gasteiger partial charge in [0, 0.05) is 43.9 Å². The summed E-state index contributed by atoms with van der Waals surface area (Å²) in [6.07, 6.45) is -3.05. The summed E-state index contributed by atoms with van der Waals surface area (Å²) in [7, 11) is 0. The minimum atomic E-state index is -4.80. The van der Waals surface area contributed by atoms with Crippen molar-refractivity contribution < 1.29 is 27.5 Å². The van der Waals surface area contributed by atoms with E-state index in [1.54, 1.807) is 10.8 Å². The van der Waals surface area contributed by atoms with Crippen LogP contribution in [0.1, 0.15) is 30.1 Å². The smallest absolute Gasteiger partial charge is 0.419 e. The molecule has 152 valence electrons. The van der Waals surface area contributed by atoms with E-state index in [1.807, 2.05) is 0 Å². The van der Waals surface area contributed by atoms with Gasteiger partial charge in [-0.3, -0.25) is 0 Å². The number of hydrogen-bond acceptors (Lipinski definition) is 3. The first kappa shape index (κ1) is 20.1. The Balaban J connectivity index is 1.92. The molecule has 0 saturated carbocycles. The molecule has 1 aromatic carbocycles. The molecule has 1 aliphatic heterocycles. The third kappa shape index (κ3) is 4.11. The largest absolute Gasteiger partial charge is 0.465 e. The van der Waals surface area contributed by atoms with Crippen molar-refractivity contribution in [2.75, 3.05) is 19.6 Å². The minimum absolute atomic E-state index is 0.0292. The van der Waals surface area contributed by atoms with Gasteiger partial charge in [-0.1, -0.05) is 0 Å². The zero-order valence-electron chi connectivity index (χ0n) is 14.9. The molecule has 28 heavy (non-hydrogen) atoms. The molecule has 3 N–H and O–H groups in total. The number of carbonyl (C=O) groups is 1. The number of carboxylic acid groups (broad SMARTS) is 1. The van der Waals surface area contributed by atoms with E-state index in [-0.39, 0.29) is 11.5 Å². The predicted molar refractivity (Wildman–Crippen MR) is 93.3 cm³/mol. The van der Waals surface area contributed by atoms with Crippen LogP contribution in [0.2, 0.25) is 0 Å². The Morgan fingerprint density at radius 2 is 1.96 bits per heavy atom. The summed E-state index contributed by atoms with van der Waals surface area (Å²) in [6.45, 7) is 1.46. The van der Waals surface area contributed by atoms with Gasteiger partial charge >= 0.3 is 12.3 Å². The molecule has 2 heterocycles. The van der Waals surface area contributed by atoms with Crippen LogP contribution in [0.5, 0.6) is 0 Å². The fourth-order valence-corrected chi connectivity index (χ4v) is 3.44. The number of amides is 1. The van der Waals surface area contributed by atoms with Gasteiger partial charge in [-0.2, -0.15) is 13.2 Å². The first-order valence-corrected chi connectivity index (χ1v) is 8.83. The summed E-state index contributed by atoms with van der Waals surface area (Å²) < 4.78 is 54.4. The second-order valence-electron chi connectivity index (χ2n) is 6.70. The lowest BCUT2D eigenvalue weighted by Crippen LogP contribution is -2.37. The molecule has 0 spiro atoms. The maximum absolute atomic E-state index is 13.6. The first-order valence-electron chi connectivity index (χ1n) is 8.83. The van der Waals surface area contributed by atoms with Crippen molar-refractivity contribution in [3.8, 4) is 11.3 Å². The number of likely N-dealkylation sites (tertiary alicyclic amines) is 1. The van der Waals surface area contributed by atoms with Crippen molar-refractivity contribution in [2.45, 2.75) is 31.5 Å². The number of nitrogens with two attached hydrogens (primary N) is 1. The van der Waals surface area contributed by atoms with E-state index in [2.05, 4.69) is 4.98 Å². The number of halogens is 4. The fraction of sp³-hybridized carbons (Fsp3) is 0.444. The minimum Gasteiger partial charge on any atom is -0.465 e. The van der Waals surface area contributed by atoms with E-state index in [9.17, 15) is 22.4 Å². The van der Waals surface area contributed by atoms with Crippen LogP contribution in [-0.2, 0) is 12.7 Å². The Hall–Kier alpha value is -2.62. The van der Waals surface area contributed by atoms with Crippen molar-refractivity contribution in [3.63, 3.8) is 0 Å². The van der Waals surface area contributed by atoms with Crippen LogP contribution in [0, 0.1) is 5.82 Å². The highest BCUT2D eigenvalue weighted by molar-refractivity contribution is 5.65. The van der Waals surface area contributed by atoms with E-state index >= 15 is 0 Å². The number of rotatable bonds is 4. The van der Waals surface area contributed by atoms with Crippen LogP contribution in [-0.4, -0.2) is 45.3 Å².